The van der Waals surface area contributed by atoms with Crippen molar-refractivity contribution in [3.63, 3.8) is 0 Å². The highest BCUT2D eigenvalue weighted by Gasteiger charge is 2.37. The van der Waals surface area contributed by atoms with Gasteiger partial charge in [-0.05, 0) is 38.1 Å². The van der Waals surface area contributed by atoms with Crippen molar-refractivity contribution in [1.82, 2.24) is 10.6 Å². The topological polar surface area (TPSA) is 58.2 Å². The molecule has 1 aromatic heterocycles. The number of hydrogen-bond donors (Lipinski definition) is 2. The van der Waals surface area contributed by atoms with Gasteiger partial charge in [0.1, 0.15) is 0 Å². The lowest BCUT2D eigenvalue weighted by Gasteiger charge is -2.28. The van der Waals surface area contributed by atoms with Gasteiger partial charge in [-0.3, -0.25) is 9.59 Å². The molecule has 20 heavy (non-hydrogen) atoms. The molecule has 5 heteroatoms. The van der Waals surface area contributed by atoms with Gasteiger partial charge in [-0.2, -0.15) is 0 Å². The van der Waals surface area contributed by atoms with Crippen molar-refractivity contribution in [2.24, 2.45) is 0 Å². The number of nitrogens with one attached hydrogen (secondary N) is 2. The van der Waals surface area contributed by atoms with Crippen LogP contribution in [0.2, 0.25) is 0 Å². The van der Waals surface area contributed by atoms with Gasteiger partial charge < -0.3 is 10.6 Å². The molecule has 2 amide bonds. The molecule has 0 radical (unpaired) electrons. The lowest BCUT2D eigenvalue weighted by molar-refractivity contribution is -0.139. The average molecular weight is 294 g/mol. The van der Waals surface area contributed by atoms with Gasteiger partial charge in [0.2, 0.25) is 0 Å². The minimum Gasteiger partial charge on any atom is -0.347 e. The number of rotatable bonds is 4. The molecular formula is C15H22N2O2S. The molecule has 1 aromatic rings. The molecule has 1 fully saturated rings. The van der Waals surface area contributed by atoms with Crippen molar-refractivity contribution < 1.29 is 9.59 Å². The lowest BCUT2D eigenvalue weighted by Crippen LogP contribution is -2.46. The maximum atomic E-state index is 11.8. The zero-order valence-electron chi connectivity index (χ0n) is 12.1. The number of carbonyl (C=O) groups is 2. The Hall–Kier alpha value is -1.36. The molecule has 1 aliphatic rings. The standard InChI is InChI=1S/C15H22N2O2S/c1-11(2)17-14(19)13(18)16-10-15(7-3-4-8-15)12-6-5-9-20-12/h5-6,9,11H,3-4,7-8,10H2,1-2H3,(H,16,18)(H,17,19). The van der Waals surface area contributed by atoms with Crippen molar-refractivity contribution in [1.29, 1.82) is 0 Å². The van der Waals surface area contributed by atoms with Crippen LogP contribution in [0.4, 0.5) is 0 Å². The van der Waals surface area contributed by atoms with Gasteiger partial charge in [0.15, 0.2) is 0 Å². The first-order chi connectivity index (χ1) is 9.53. The molecule has 0 saturated heterocycles. The normalized spacial score (nSPS) is 17.1. The maximum absolute atomic E-state index is 11.8. The molecule has 110 valence electrons. The summed E-state index contributed by atoms with van der Waals surface area (Å²) in [5.74, 6) is -1.07. The smallest absolute Gasteiger partial charge is 0.309 e. The summed E-state index contributed by atoms with van der Waals surface area (Å²) < 4.78 is 0. The van der Waals surface area contributed by atoms with E-state index in [0.29, 0.717) is 6.54 Å². The fourth-order valence-electron chi connectivity index (χ4n) is 2.80. The van der Waals surface area contributed by atoms with Crippen LogP contribution >= 0.6 is 11.3 Å². The molecule has 0 atom stereocenters. The van der Waals surface area contributed by atoms with E-state index in [9.17, 15) is 9.59 Å². The van der Waals surface area contributed by atoms with E-state index in [2.05, 4.69) is 22.1 Å². The third-order valence-electron chi connectivity index (χ3n) is 3.82. The highest BCUT2D eigenvalue weighted by Crippen LogP contribution is 2.42. The maximum Gasteiger partial charge on any atom is 0.309 e. The van der Waals surface area contributed by atoms with Crippen LogP contribution in [0.15, 0.2) is 17.5 Å². The first-order valence-corrected chi connectivity index (χ1v) is 8.04. The molecule has 2 N–H and O–H groups in total. The number of amides is 2. The summed E-state index contributed by atoms with van der Waals surface area (Å²) in [4.78, 5) is 24.8. The SMILES string of the molecule is CC(C)NC(=O)C(=O)NCC1(c2cccs2)CCCC1. The minimum absolute atomic E-state index is 0.0222. The fourth-order valence-corrected chi connectivity index (χ4v) is 3.79. The van der Waals surface area contributed by atoms with Gasteiger partial charge in [0.25, 0.3) is 0 Å². The molecule has 0 bridgehead atoms. The van der Waals surface area contributed by atoms with E-state index in [1.165, 1.54) is 17.7 Å². The molecule has 1 saturated carbocycles. The molecule has 0 aliphatic heterocycles. The average Bonchev–Trinajstić information content (AvgIpc) is 3.06. The fraction of sp³-hybridized carbons (Fsp3) is 0.600. The third-order valence-corrected chi connectivity index (χ3v) is 4.93. The van der Waals surface area contributed by atoms with Crippen LogP contribution in [0.25, 0.3) is 0 Å². The molecule has 1 aliphatic carbocycles. The van der Waals surface area contributed by atoms with E-state index >= 15 is 0 Å². The molecule has 4 nitrogen and oxygen atoms in total. The van der Waals surface area contributed by atoms with Crippen molar-refractivity contribution in [2.45, 2.75) is 51.0 Å². The van der Waals surface area contributed by atoms with Crippen molar-refractivity contribution in [3.05, 3.63) is 22.4 Å². The van der Waals surface area contributed by atoms with E-state index in [0.717, 1.165) is 12.8 Å². The predicted octanol–water partition coefficient (Wildman–Crippen LogP) is 2.20. The van der Waals surface area contributed by atoms with Crippen LogP contribution in [0.5, 0.6) is 0 Å². The monoisotopic (exact) mass is 294 g/mol. The van der Waals surface area contributed by atoms with Gasteiger partial charge in [-0.25, -0.2) is 0 Å². The summed E-state index contributed by atoms with van der Waals surface area (Å²) in [5.41, 5.74) is 0.0297. The Balaban J connectivity index is 1.97. The van der Waals surface area contributed by atoms with Crippen LogP contribution < -0.4 is 10.6 Å². The molecule has 0 spiro atoms. The van der Waals surface area contributed by atoms with Gasteiger partial charge in [-0.15, -0.1) is 11.3 Å². The Labute approximate surface area is 124 Å². The Morgan fingerprint density at radius 1 is 1.30 bits per heavy atom. The second-order valence-corrected chi connectivity index (χ2v) is 6.72. The van der Waals surface area contributed by atoms with E-state index < -0.39 is 11.8 Å². The molecular weight excluding hydrogens is 272 g/mol. The van der Waals surface area contributed by atoms with Gasteiger partial charge in [0.05, 0.1) is 0 Å². The Bertz CT molecular complexity index is 462. The molecule has 0 aromatic carbocycles. The Morgan fingerprint density at radius 3 is 2.55 bits per heavy atom. The largest absolute Gasteiger partial charge is 0.347 e. The minimum atomic E-state index is -0.542. The van der Waals surface area contributed by atoms with E-state index in [1.807, 2.05) is 19.9 Å². The van der Waals surface area contributed by atoms with Crippen LogP contribution in [0, 0.1) is 0 Å². The summed E-state index contributed by atoms with van der Waals surface area (Å²) in [6, 6.07) is 4.16. The lowest BCUT2D eigenvalue weighted by atomic mass is 9.84. The van der Waals surface area contributed by atoms with Crippen molar-refractivity contribution in [3.8, 4) is 0 Å². The van der Waals surface area contributed by atoms with Crippen LogP contribution in [0.1, 0.15) is 44.4 Å². The van der Waals surface area contributed by atoms with Gasteiger partial charge in [0, 0.05) is 22.9 Å². The quantitative estimate of drug-likeness (QED) is 0.836. The van der Waals surface area contributed by atoms with E-state index in [-0.39, 0.29) is 11.5 Å². The first-order valence-electron chi connectivity index (χ1n) is 7.16. The third kappa shape index (κ3) is 3.39. The van der Waals surface area contributed by atoms with Crippen LogP contribution in [0.3, 0.4) is 0 Å². The molecule has 0 unspecified atom stereocenters. The number of hydrogen-bond acceptors (Lipinski definition) is 3. The van der Waals surface area contributed by atoms with Crippen LogP contribution in [-0.2, 0) is 15.0 Å². The summed E-state index contributed by atoms with van der Waals surface area (Å²) in [7, 11) is 0. The second kappa shape index (κ2) is 6.39. The second-order valence-electron chi connectivity index (χ2n) is 5.78. The first kappa shape index (κ1) is 15.0. The highest BCUT2D eigenvalue weighted by molar-refractivity contribution is 7.10. The van der Waals surface area contributed by atoms with Crippen molar-refractivity contribution in [2.75, 3.05) is 6.54 Å². The predicted molar refractivity (Wildman–Crippen MR) is 80.8 cm³/mol. The summed E-state index contributed by atoms with van der Waals surface area (Å²) >= 11 is 1.74. The zero-order chi connectivity index (χ0) is 14.6. The summed E-state index contributed by atoms with van der Waals surface area (Å²) in [6.45, 7) is 4.24. The van der Waals surface area contributed by atoms with Gasteiger partial charge >= 0.3 is 11.8 Å². The van der Waals surface area contributed by atoms with Crippen molar-refractivity contribution >= 4 is 23.2 Å². The van der Waals surface area contributed by atoms with Gasteiger partial charge in [-0.1, -0.05) is 18.9 Å². The molecule has 2 rings (SSSR count). The Morgan fingerprint density at radius 2 is 2.00 bits per heavy atom. The number of thiophene rings is 1. The summed E-state index contributed by atoms with van der Waals surface area (Å²) in [6.07, 6.45) is 4.54. The van der Waals surface area contributed by atoms with E-state index in [4.69, 9.17) is 0 Å². The van der Waals surface area contributed by atoms with E-state index in [1.54, 1.807) is 11.3 Å². The van der Waals surface area contributed by atoms with Crippen LogP contribution in [-0.4, -0.2) is 24.4 Å². The number of carbonyl (C=O) groups excluding carboxylic acids is 2. The summed E-state index contributed by atoms with van der Waals surface area (Å²) in [5, 5.41) is 7.50. The zero-order valence-corrected chi connectivity index (χ0v) is 12.9. The Kier molecular flexibility index (Phi) is 4.81. The highest BCUT2D eigenvalue weighted by atomic mass is 32.1. The molecule has 1 heterocycles.